The molecule has 1 saturated carbocycles. The lowest BCUT2D eigenvalue weighted by molar-refractivity contribution is -0.151. The summed E-state index contributed by atoms with van der Waals surface area (Å²) in [5.41, 5.74) is 1.25. The fraction of sp³-hybridized carbons (Fsp3) is 0.550. The van der Waals surface area contributed by atoms with Crippen LogP contribution in [0.25, 0.3) is 0 Å². The van der Waals surface area contributed by atoms with Crippen molar-refractivity contribution in [2.45, 2.75) is 57.5 Å². The minimum absolute atomic E-state index is 0.155. The predicted molar refractivity (Wildman–Crippen MR) is 110 cm³/mol. The Labute approximate surface area is 183 Å². The van der Waals surface area contributed by atoms with Gasteiger partial charge < -0.3 is 15.4 Å². The number of thiophene rings is 1. The molecule has 1 spiro atoms. The average Bonchev–Trinajstić information content (AvgIpc) is 3.32. The minimum Gasteiger partial charge on any atom is -0.455 e. The summed E-state index contributed by atoms with van der Waals surface area (Å²) >= 11 is 1.38. The van der Waals surface area contributed by atoms with E-state index in [1.807, 2.05) is 5.38 Å². The third-order valence-electron chi connectivity index (χ3n) is 5.53. The molecule has 0 bridgehead atoms. The van der Waals surface area contributed by atoms with Crippen molar-refractivity contribution >= 4 is 41.1 Å². The Morgan fingerprint density at radius 2 is 2.03 bits per heavy atom. The van der Waals surface area contributed by atoms with Crippen molar-refractivity contribution < 1.29 is 28.7 Å². The largest absolute Gasteiger partial charge is 0.455 e. The lowest BCUT2D eigenvalue weighted by Crippen LogP contribution is -2.52. The van der Waals surface area contributed by atoms with Crippen molar-refractivity contribution in [3.63, 3.8) is 0 Å². The lowest BCUT2D eigenvalue weighted by Gasteiger charge is -2.33. The smallest absolute Gasteiger partial charge is 0.344 e. The Morgan fingerprint density at radius 1 is 1.32 bits per heavy atom. The van der Waals surface area contributed by atoms with Crippen LogP contribution >= 0.6 is 11.3 Å². The van der Waals surface area contributed by atoms with Crippen LogP contribution in [-0.2, 0) is 23.9 Å². The van der Waals surface area contributed by atoms with Gasteiger partial charge in [0.1, 0.15) is 5.54 Å². The van der Waals surface area contributed by atoms with Gasteiger partial charge in [-0.1, -0.05) is 13.0 Å². The van der Waals surface area contributed by atoms with Gasteiger partial charge in [0, 0.05) is 11.8 Å². The van der Waals surface area contributed by atoms with Gasteiger partial charge in [0.15, 0.2) is 6.61 Å². The van der Waals surface area contributed by atoms with E-state index >= 15 is 0 Å². The van der Waals surface area contributed by atoms with E-state index in [9.17, 15) is 24.0 Å². The second-order valence-electron chi connectivity index (χ2n) is 8.00. The Balaban J connectivity index is 1.50. The topological polar surface area (TPSA) is 134 Å². The number of esters is 1. The van der Waals surface area contributed by atoms with Crippen LogP contribution in [-0.4, -0.2) is 46.9 Å². The van der Waals surface area contributed by atoms with Crippen molar-refractivity contribution in [1.29, 1.82) is 0 Å². The maximum Gasteiger partial charge on any atom is 0.344 e. The molecule has 2 heterocycles. The van der Waals surface area contributed by atoms with Gasteiger partial charge in [-0.2, -0.15) is 5.01 Å². The van der Waals surface area contributed by atoms with Crippen molar-refractivity contribution in [1.82, 2.24) is 21.1 Å². The van der Waals surface area contributed by atoms with Crippen LogP contribution in [0.4, 0.5) is 4.79 Å². The Kier molecular flexibility index (Phi) is 6.94. The Hall–Kier alpha value is -2.95. The number of carbonyl (C=O) groups is 5. The molecule has 3 rings (SSSR count). The number of nitrogens with zero attached hydrogens (tertiary/aromatic N) is 1. The monoisotopic (exact) mass is 450 g/mol. The molecule has 1 saturated heterocycles. The molecule has 1 aromatic heterocycles. The van der Waals surface area contributed by atoms with E-state index < -0.39 is 42.0 Å². The highest BCUT2D eigenvalue weighted by molar-refractivity contribution is 7.10. The highest BCUT2D eigenvalue weighted by atomic mass is 32.1. The number of nitrogens with one attached hydrogen (secondary N) is 3. The van der Waals surface area contributed by atoms with E-state index in [0.717, 1.165) is 17.7 Å². The Bertz CT molecular complexity index is 863. The van der Waals surface area contributed by atoms with Gasteiger partial charge in [0.05, 0.1) is 12.5 Å². The van der Waals surface area contributed by atoms with Gasteiger partial charge in [-0.3, -0.25) is 24.6 Å². The van der Waals surface area contributed by atoms with Crippen molar-refractivity contribution in [2.75, 3.05) is 6.61 Å². The minimum atomic E-state index is -0.972. The fourth-order valence-electron chi connectivity index (χ4n) is 3.80. The average molecular weight is 451 g/mol. The summed E-state index contributed by atoms with van der Waals surface area (Å²) in [6, 6.07) is 2.33. The van der Waals surface area contributed by atoms with E-state index in [0.29, 0.717) is 23.8 Å². The summed E-state index contributed by atoms with van der Waals surface area (Å²) in [4.78, 5) is 61.5. The molecule has 10 nitrogen and oxygen atoms in total. The summed E-state index contributed by atoms with van der Waals surface area (Å²) in [7, 11) is 0. The van der Waals surface area contributed by atoms with E-state index in [4.69, 9.17) is 4.74 Å². The van der Waals surface area contributed by atoms with Gasteiger partial charge in [0.2, 0.25) is 5.91 Å². The molecule has 1 unspecified atom stereocenters. The van der Waals surface area contributed by atoms with Crippen LogP contribution < -0.4 is 16.1 Å². The second kappa shape index (κ2) is 9.46. The van der Waals surface area contributed by atoms with Crippen LogP contribution in [0, 0.1) is 5.92 Å². The van der Waals surface area contributed by atoms with Gasteiger partial charge >= 0.3 is 12.0 Å². The normalized spacial score (nSPS) is 23.9. The highest BCUT2D eigenvalue weighted by Gasteiger charge is 2.52. The SMILES string of the molecule is CC(=O)NC(CC(=O)OCC(=O)NN1C(=O)NC2(CCC(C)CC2)C1=O)c1cccs1. The fourth-order valence-corrected chi connectivity index (χ4v) is 4.58. The molecule has 1 atom stereocenters. The van der Waals surface area contributed by atoms with Crippen LogP contribution in [0.15, 0.2) is 17.5 Å². The molecule has 3 N–H and O–H groups in total. The zero-order valence-electron chi connectivity index (χ0n) is 17.4. The number of amides is 5. The molecule has 1 aliphatic carbocycles. The molecular formula is C20H26N4O6S. The van der Waals surface area contributed by atoms with E-state index in [-0.39, 0.29) is 12.3 Å². The number of urea groups is 1. The van der Waals surface area contributed by atoms with Crippen LogP contribution in [0.2, 0.25) is 0 Å². The summed E-state index contributed by atoms with van der Waals surface area (Å²) in [6.45, 7) is 2.78. The van der Waals surface area contributed by atoms with Gasteiger partial charge in [-0.25, -0.2) is 4.79 Å². The molecule has 31 heavy (non-hydrogen) atoms. The van der Waals surface area contributed by atoms with Crippen molar-refractivity contribution in [3.05, 3.63) is 22.4 Å². The number of carbonyl (C=O) groups excluding carboxylic acids is 5. The van der Waals surface area contributed by atoms with Crippen molar-refractivity contribution in [2.24, 2.45) is 5.92 Å². The van der Waals surface area contributed by atoms with Crippen LogP contribution in [0.3, 0.4) is 0 Å². The molecule has 1 aliphatic heterocycles. The Morgan fingerprint density at radius 3 is 2.65 bits per heavy atom. The molecule has 1 aromatic rings. The lowest BCUT2D eigenvalue weighted by atomic mass is 9.77. The number of rotatable bonds is 7. The third kappa shape index (κ3) is 5.40. The van der Waals surface area contributed by atoms with E-state index in [1.165, 1.54) is 18.3 Å². The number of hydrogen-bond acceptors (Lipinski definition) is 7. The highest BCUT2D eigenvalue weighted by Crippen LogP contribution is 2.35. The zero-order chi connectivity index (χ0) is 22.6. The maximum atomic E-state index is 12.7. The quantitative estimate of drug-likeness (QED) is 0.425. The standard InChI is InChI=1S/C20H26N4O6S/c1-12-5-7-20(8-6-12)18(28)24(19(29)22-20)23-16(26)11-30-17(27)10-14(21-13(2)25)15-4-3-9-31-15/h3-4,9,12,14H,5-8,10-11H2,1-2H3,(H,21,25)(H,22,29)(H,23,26). The molecule has 0 aromatic carbocycles. The van der Waals surface area contributed by atoms with E-state index in [1.54, 1.807) is 12.1 Å². The number of hydrogen-bond donors (Lipinski definition) is 3. The first kappa shape index (κ1) is 22.7. The zero-order valence-corrected chi connectivity index (χ0v) is 18.3. The van der Waals surface area contributed by atoms with Gasteiger partial charge in [-0.05, 0) is 43.0 Å². The summed E-state index contributed by atoms with van der Waals surface area (Å²) in [5.74, 6) is -1.81. The van der Waals surface area contributed by atoms with Crippen LogP contribution in [0.5, 0.6) is 0 Å². The second-order valence-corrected chi connectivity index (χ2v) is 8.98. The summed E-state index contributed by atoms with van der Waals surface area (Å²) < 4.78 is 4.98. The molecule has 168 valence electrons. The summed E-state index contributed by atoms with van der Waals surface area (Å²) in [5, 5.41) is 7.85. The molecule has 11 heteroatoms. The molecular weight excluding hydrogens is 424 g/mol. The van der Waals surface area contributed by atoms with E-state index in [2.05, 4.69) is 23.0 Å². The van der Waals surface area contributed by atoms with Gasteiger partial charge in [-0.15, -0.1) is 11.3 Å². The number of hydrazine groups is 1. The molecule has 2 aliphatic rings. The number of ether oxygens (including phenoxy) is 1. The predicted octanol–water partition coefficient (Wildman–Crippen LogP) is 1.39. The maximum absolute atomic E-state index is 12.7. The first-order valence-electron chi connectivity index (χ1n) is 10.1. The van der Waals surface area contributed by atoms with Crippen molar-refractivity contribution in [3.8, 4) is 0 Å². The summed E-state index contributed by atoms with van der Waals surface area (Å²) in [6.07, 6.45) is 2.51. The first-order valence-corrected chi connectivity index (χ1v) is 11.0. The molecule has 2 fully saturated rings. The molecule has 5 amide bonds. The molecule has 0 radical (unpaired) electrons. The third-order valence-corrected chi connectivity index (χ3v) is 6.51. The first-order chi connectivity index (χ1) is 14.7. The van der Waals surface area contributed by atoms with Gasteiger partial charge in [0.25, 0.3) is 11.8 Å². The van der Waals surface area contributed by atoms with Crippen LogP contribution in [0.1, 0.15) is 56.9 Å². The number of imide groups is 1.